The lowest BCUT2D eigenvalue weighted by Gasteiger charge is -2.15. The minimum Gasteiger partial charge on any atom is -0.338 e. The molecule has 4 heteroatoms. The number of hydrogen-bond acceptors (Lipinski definition) is 3. The highest BCUT2D eigenvalue weighted by atomic mass is 15.1. The minimum atomic E-state index is 0.812. The molecule has 2 aromatic carbocycles. The molecule has 0 unspecified atom stereocenters. The minimum absolute atomic E-state index is 0.812. The molecule has 2 heterocycles. The average molecular weight is 328 g/mol. The Hall–Kier alpha value is -3.14. The van der Waals surface area contributed by atoms with Gasteiger partial charge in [-0.1, -0.05) is 48.0 Å². The number of imidazole rings is 1. The first-order valence-corrected chi connectivity index (χ1v) is 8.35. The fourth-order valence-electron chi connectivity index (χ4n) is 3.33. The van der Waals surface area contributed by atoms with Gasteiger partial charge in [0.05, 0.1) is 24.4 Å². The van der Waals surface area contributed by atoms with E-state index in [9.17, 15) is 0 Å². The monoisotopic (exact) mass is 328 g/mol. The van der Waals surface area contributed by atoms with Gasteiger partial charge in [0.25, 0.3) is 0 Å². The summed E-state index contributed by atoms with van der Waals surface area (Å²) in [4.78, 5) is 9.02. The third-order valence-electron chi connectivity index (χ3n) is 4.45. The highest BCUT2D eigenvalue weighted by Gasteiger charge is 2.12. The Morgan fingerprint density at radius 2 is 1.64 bits per heavy atom. The van der Waals surface area contributed by atoms with Crippen molar-refractivity contribution in [2.24, 2.45) is 0 Å². The van der Waals surface area contributed by atoms with Crippen LogP contribution >= 0.6 is 0 Å². The Labute approximate surface area is 147 Å². The summed E-state index contributed by atoms with van der Waals surface area (Å²) in [7, 11) is 0. The predicted octanol–water partition coefficient (Wildman–Crippen LogP) is 5.07. The number of rotatable bonds is 3. The van der Waals surface area contributed by atoms with E-state index < -0.39 is 0 Å². The molecule has 25 heavy (non-hydrogen) atoms. The number of nitrogens with zero attached hydrogens (tertiary/aromatic N) is 3. The van der Waals surface area contributed by atoms with Crippen LogP contribution in [0.25, 0.3) is 16.8 Å². The van der Waals surface area contributed by atoms with Gasteiger partial charge in [-0.3, -0.25) is 4.40 Å². The molecule has 4 rings (SSSR count). The highest BCUT2D eigenvalue weighted by molar-refractivity contribution is 5.78. The third kappa shape index (κ3) is 2.76. The zero-order chi connectivity index (χ0) is 17.4. The summed E-state index contributed by atoms with van der Waals surface area (Å²) in [6.07, 6.45) is 5.57. The second-order valence-corrected chi connectivity index (χ2v) is 6.41. The van der Waals surface area contributed by atoms with Gasteiger partial charge >= 0.3 is 0 Å². The van der Waals surface area contributed by atoms with E-state index >= 15 is 0 Å². The maximum Gasteiger partial charge on any atom is 0.156 e. The molecule has 0 saturated carbocycles. The van der Waals surface area contributed by atoms with E-state index in [-0.39, 0.29) is 0 Å². The molecular formula is C21H20N4. The largest absolute Gasteiger partial charge is 0.338 e. The van der Waals surface area contributed by atoms with E-state index in [1.54, 1.807) is 0 Å². The molecule has 0 bridgehead atoms. The van der Waals surface area contributed by atoms with Gasteiger partial charge in [-0.2, -0.15) is 0 Å². The standard InChI is InChI=1S/C21H20N4/c1-14-9-15(2)20(16(3)10-14)24-21-19-11-22-13-25(19)18(12-23-21)17-7-5-4-6-8-17/h4-13H,1-3H3,(H,23,24). The molecule has 124 valence electrons. The van der Waals surface area contributed by atoms with Crippen molar-refractivity contribution in [3.8, 4) is 11.3 Å². The number of fused-ring (bicyclic) bond motifs is 1. The summed E-state index contributed by atoms with van der Waals surface area (Å²) in [6, 6.07) is 14.6. The molecule has 0 atom stereocenters. The van der Waals surface area contributed by atoms with E-state index in [0.717, 1.165) is 28.3 Å². The lowest BCUT2D eigenvalue weighted by Crippen LogP contribution is -2.02. The molecule has 1 N–H and O–H groups in total. The van der Waals surface area contributed by atoms with Crippen molar-refractivity contribution in [3.63, 3.8) is 0 Å². The number of nitrogens with one attached hydrogen (secondary N) is 1. The topological polar surface area (TPSA) is 42.2 Å². The molecule has 0 saturated heterocycles. The lowest BCUT2D eigenvalue weighted by molar-refractivity contribution is 1.12. The molecule has 0 fully saturated rings. The van der Waals surface area contributed by atoms with Gasteiger partial charge < -0.3 is 5.32 Å². The van der Waals surface area contributed by atoms with E-state index in [2.05, 4.69) is 64.7 Å². The summed E-state index contributed by atoms with van der Waals surface area (Å²) in [5.74, 6) is 0.812. The second kappa shape index (κ2) is 6.06. The fraction of sp³-hybridized carbons (Fsp3) is 0.143. The lowest BCUT2D eigenvalue weighted by atomic mass is 10.1. The van der Waals surface area contributed by atoms with Crippen molar-refractivity contribution in [3.05, 3.63) is 77.9 Å². The fourth-order valence-corrected chi connectivity index (χ4v) is 3.33. The molecule has 0 aliphatic heterocycles. The molecule has 0 spiro atoms. The number of aromatic nitrogens is 3. The predicted molar refractivity (Wildman–Crippen MR) is 102 cm³/mol. The van der Waals surface area contributed by atoms with Gasteiger partial charge in [-0.25, -0.2) is 9.97 Å². The van der Waals surface area contributed by atoms with Crippen LogP contribution in [0.1, 0.15) is 16.7 Å². The Bertz CT molecular complexity index is 1030. The Kier molecular flexibility index (Phi) is 3.73. The maximum absolute atomic E-state index is 4.68. The van der Waals surface area contributed by atoms with Crippen LogP contribution in [0.5, 0.6) is 0 Å². The smallest absolute Gasteiger partial charge is 0.156 e. The Morgan fingerprint density at radius 3 is 2.36 bits per heavy atom. The van der Waals surface area contributed by atoms with E-state index in [0.29, 0.717) is 0 Å². The van der Waals surface area contributed by atoms with Crippen molar-refractivity contribution >= 4 is 17.0 Å². The zero-order valence-corrected chi connectivity index (χ0v) is 14.6. The van der Waals surface area contributed by atoms with Gasteiger partial charge in [0.2, 0.25) is 0 Å². The molecule has 0 amide bonds. The van der Waals surface area contributed by atoms with Gasteiger partial charge in [0.1, 0.15) is 5.52 Å². The quantitative estimate of drug-likeness (QED) is 0.571. The molecule has 2 aromatic heterocycles. The van der Waals surface area contributed by atoms with Gasteiger partial charge in [0.15, 0.2) is 5.82 Å². The SMILES string of the molecule is Cc1cc(C)c(Nc2ncc(-c3ccccc3)n3cncc23)c(C)c1. The van der Waals surface area contributed by atoms with Crippen LogP contribution in [0.4, 0.5) is 11.5 Å². The van der Waals surface area contributed by atoms with Crippen molar-refractivity contribution in [1.29, 1.82) is 0 Å². The summed E-state index contributed by atoms with van der Waals surface area (Å²) in [5.41, 5.74) is 7.90. The summed E-state index contributed by atoms with van der Waals surface area (Å²) < 4.78 is 2.07. The Morgan fingerprint density at radius 1 is 0.920 bits per heavy atom. The van der Waals surface area contributed by atoms with Crippen molar-refractivity contribution < 1.29 is 0 Å². The molecular weight excluding hydrogens is 308 g/mol. The number of benzene rings is 2. The van der Waals surface area contributed by atoms with Crippen LogP contribution in [0.15, 0.2) is 61.2 Å². The molecule has 4 aromatic rings. The van der Waals surface area contributed by atoms with Gasteiger partial charge in [-0.15, -0.1) is 0 Å². The summed E-state index contributed by atoms with van der Waals surface area (Å²) >= 11 is 0. The zero-order valence-electron chi connectivity index (χ0n) is 14.6. The first-order valence-electron chi connectivity index (χ1n) is 8.35. The summed E-state index contributed by atoms with van der Waals surface area (Å²) in [5, 5.41) is 3.50. The molecule has 0 aliphatic carbocycles. The van der Waals surface area contributed by atoms with Gasteiger partial charge in [-0.05, 0) is 31.9 Å². The van der Waals surface area contributed by atoms with Gasteiger partial charge in [0, 0.05) is 11.3 Å². The van der Waals surface area contributed by atoms with Crippen LogP contribution in [-0.4, -0.2) is 14.4 Å². The van der Waals surface area contributed by atoms with Crippen molar-refractivity contribution in [1.82, 2.24) is 14.4 Å². The van der Waals surface area contributed by atoms with Crippen molar-refractivity contribution in [2.45, 2.75) is 20.8 Å². The Balaban J connectivity index is 1.82. The number of aryl methyl sites for hydroxylation is 3. The molecule has 4 nitrogen and oxygen atoms in total. The number of hydrogen-bond donors (Lipinski definition) is 1. The van der Waals surface area contributed by atoms with E-state index in [4.69, 9.17) is 0 Å². The summed E-state index contributed by atoms with van der Waals surface area (Å²) in [6.45, 7) is 6.36. The first-order chi connectivity index (χ1) is 12.1. The van der Waals surface area contributed by atoms with E-state index in [1.165, 1.54) is 16.7 Å². The van der Waals surface area contributed by atoms with Crippen LogP contribution in [0.2, 0.25) is 0 Å². The van der Waals surface area contributed by atoms with Crippen molar-refractivity contribution in [2.75, 3.05) is 5.32 Å². The average Bonchev–Trinajstić information content (AvgIpc) is 3.09. The maximum atomic E-state index is 4.68. The van der Waals surface area contributed by atoms with Crippen LogP contribution in [-0.2, 0) is 0 Å². The highest BCUT2D eigenvalue weighted by Crippen LogP contribution is 2.29. The normalized spacial score (nSPS) is 11.0. The van der Waals surface area contributed by atoms with Crippen LogP contribution in [0.3, 0.4) is 0 Å². The third-order valence-corrected chi connectivity index (χ3v) is 4.45. The van der Waals surface area contributed by atoms with Crippen LogP contribution < -0.4 is 5.32 Å². The molecule has 0 aliphatic rings. The van der Waals surface area contributed by atoms with E-state index in [1.807, 2.05) is 36.9 Å². The first kappa shape index (κ1) is 15.4. The van der Waals surface area contributed by atoms with Crippen LogP contribution in [0, 0.1) is 20.8 Å². The molecule has 0 radical (unpaired) electrons. The second-order valence-electron chi connectivity index (χ2n) is 6.41. The number of anilines is 2.